The second-order valence-corrected chi connectivity index (χ2v) is 6.77. The molecule has 2 N–H and O–H groups in total. The molecule has 0 amide bonds. The van der Waals surface area contributed by atoms with Crippen LogP contribution in [0, 0.1) is 10.1 Å². The lowest BCUT2D eigenvalue weighted by Crippen LogP contribution is -2.48. The molecule has 2 aromatic carbocycles. The first-order chi connectivity index (χ1) is 11.9. The second kappa shape index (κ2) is 4.25. The first-order valence-electron chi connectivity index (χ1n) is 7.99. The average molecular weight is 339 g/mol. The molecule has 2 aromatic rings. The molecule has 2 atom stereocenters. The predicted molar refractivity (Wildman–Crippen MR) is 84.3 cm³/mol. The van der Waals surface area contributed by atoms with Gasteiger partial charge in [0.05, 0.1) is 4.92 Å². The maximum absolute atomic E-state index is 12.9. The van der Waals surface area contributed by atoms with Crippen molar-refractivity contribution >= 4 is 11.5 Å². The van der Waals surface area contributed by atoms with E-state index in [0.29, 0.717) is 5.92 Å². The Bertz CT molecular complexity index is 982. The third-order valence-electron chi connectivity index (χ3n) is 5.34. The summed E-state index contributed by atoms with van der Waals surface area (Å²) < 4.78 is 5.61. The monoisotopic (exact) mass is 339 g/mol. The van der Waals surface area contributed by atoms with Gasteiger partial charge in [-0.1, -0.05) is 24.3 Å². The number of rotatable bonds is 2. The number of fused-ring (bicyclic) bond motifs is 5. The van der Waals surface area contributed by atoms with E-state index in [1.54, 1.807) is 18.2 Å². The zero-order valence-corrected chi connectivity index (χ0v) is 12.9. The van der Waals surface area contributed by atoms with Crippen LogP contribution in [0.15, 0.2) is 36.4 Å². The quantitative estimate of drug-likeness (QED) is 0.640. The lowest BCUT2D eigenvalue weighted by Gasteiger charge is -2.28. The lowest BCUT2D eigenvalue weighted by atomic mass is 9.86. The van der Waals surface area contributed by atoms with Gasteiger partial charge in [-0.2, -0.15) is 0 Å². The number of nitrogens with zero attached hydrogens (tertiary/aromatic N) is 1. The largest absolute Gasteiger partial charge is 0.453 e. The van der Waals surface area contributed by atoms with Crippen molar-refractivity contribution in [1.82, 2.24) is 0 Å². The maximum atomic E-state index is 12.9. The molecule has 1 aliphatic heterocycles. The van der Waals surface area contributed by atoms with Crippen molar-refractivity contribution in [3.63, 3.8) is 0 Å². The first kappa shape index (κ1) is 14.6. The van der Waals surface area contributed by atoms with Gasteiger partial charge in [0, 0.05) is 17.2 Å². The van der Waals surface area contributed by atoms with Gasteiger partial charge in [-0.15, -0.1) is 0 Å². The number of carbonyl (C=O) groups is 1. The summed E-state index contributed by atoms with van der Waals surface area (Å²) >= 11 is 0. The van der Waals surface area contributed by atoms with Crippen LogP contribution in [-0.4, -0.2) is 20.9 Å². The molecule has 3 aliphatic rings. The first-order valence-corrected chi connectivity index (χ1v) is 7.99. The van der Waals surface area contributed by atoms with Crippen LogP contribution in [0.2, 0.25) is 0 Å². The van der Waals surface area contributed by atoms with E-state index in [-0.39, 0.29) is 22.4 Å². The van der Waals surface area contributed by atoms with Crippen molar-refractivity contribution in [2.75, 3.05) is 0 Å². The summed E-state index contributed by atoms with van der Waals surface area (Å²) in [6.45, 7) is 0. The van der Waals surface area contributed by atoms with Gasteiger partial charge in [-0.3, -0.25) is 14.9 Å². The molecular formula is C18H13NO6. The summed E-state index contributed by atoms with van der Waals surface area (Å²) in [5.41, 5.74) is -2.11. The summed E-state index contributed by atoms with van der Waals surface area (Å²) in [7, 11) is 0. The van der Waals surface area contributed by atoms with Crippen molar-refractivity contribution < 1.29 is 24.7 Å². The van der Waals surface area contributed by atoms with E-state index in [4.69, 9.17) is 4.74 Å². The molecule has 0 saturated heterocycles. The molecule has 2 aliphatic carbocycles. The molecule has 0 spiro atoms. The van der Waals surface area contributed by atoms with Gasteiger partial charge in [-0.05, 0) is 30.4 Å². The van der Waals surface area contributed by atoms with E-state index in [9.17, 15) is 25.1 Å². The van der Waals surface area contributed by atoms with Crippen molar-refractivity contribution in [2.45, 2.75) is 30.1 Å². The van der Waals surface area contributed by atoms with Gasteiger partial charge >= 0.3 is 0 Å². The molecular weight excluding hydrogens is 326 g/mol. The van der Waals surface area contributed by atoms with Crippen molar-refractivity contribution in [1.29, 1.82) is 0 Å². The van der Waals surface area contributed by atoms with Crippen LogP contribution < -0.4 is 4.74 Å². The van der Waals surface area contributed by atoms with Crippen LogP contribution in [0.1, 0.15) is 45.8 Å². The number of benzene rings is 2. The zero-order chi connectivity index (χ0) is 17.6. The van der Waals surface area contributed by atoms with E-state index >= 15 is 0 Å². The van der Waals surface area contributed by atoms with Crippen LogP contribution >= 0.6 is 0 Å². The Morgan fingerprint density at radius 3 is 2.64 bits per heavy atom. The standard InChI is InChI=1S/C18H13NO6/c20-16-11-2-1-3-13(19(23)24)15(11)18(22)17(16,21)12-7-6-10(9-4-5-9)8-14(12)25-18/h1-3,6-9,21-22H,4-5H2. The van der Waals surface area contributed by atoms with Gasteiger partial charge in [0.25, 0.3) is 11.5 Å². The molecule has 0 radical (unpaired) electrons. The topological polar surface area (TPSA) is 110 Å². The maximum Gasteiger partial charge on any atom is 0.283 e. The van der Waals surface area contributed by atoms with E-state index in [2.05, 4.69) is 0 Å². The van der Waals surface area contributed by atoms with Crippen LogP contribution in [0.5, 0.6) is 5.75 Å². The highest BCUT2D eigenvalue weighted by atomic mass is 16.7. The zero-order valence-electron chi connectivity index (χ0n) is 12.9. The van der Waals surface area contributed by atoms with Crippen molar-refractivity contribution in [3.8, 4) is 5.75 Å². The fourth-order valence-electron chi connectivity index (χ4n) is 3.95. The minimum Gasteiger partial charge on any atom is -0.453 e. The third-order valence-corrected chi connectivity index (χ3v) is 5.34. The number of ketones is 1. The smallest absolute Gasteiger partial charge is 0.283 e. The van der Waals surface area contributed by atoms with E-state index in [1.165, 1.54) is 18.2 Å². The van der Waals surface area contributed by atoms with E-state index in [0.717, 1.165) is 18.4 Å². The number of hydrogen-bond donors (Lipinski definition) is 2. The molecule has 0 aromatic heterocycles. The fourth-order valence-corrected chi connectivity index (χ4v) is 3.95. The van der Waals surface area contributed by atoms with E-state index < -0.39 is 27.8 Å². The number of Topliss-reactive ketones (excluding diaryl/α,β-unsaturated/α-hetero) is 1. The number of ether oxygens (including phenoxy) is 1. The Hall–Kier alpha value is -2.77. The van der Waals surface area contributed by atoms with Crippen LogP contribution in [0.25, 0.3) is 0 Å². The van der Waals surface area contributed by atoms with Crippen LogP contribution in [0.3, 0.4) is 0 Å². The molecule has 0 bridgehead atoms. The number of carbonyl (C=O) groups excluding carboxylic acids is 1. The molecule has 1 fully saturated rings. The van der Waals surface area contributed by atoms with Crippen LogP contribution in [-0.2, 0) is 11.4 Å². The molecule has 25 heavy (non-hydrogen) atoms. The highest BCUT2D eigenvalue weighted by molar-refractivity contribution is 6.10. The predicted octanol–water partition coefficient (Wildman–Crippen LogP) is 2.09. The van der Waals surface area contributed by atoms with Gasteiger partial charge in [0.2, 0.25) is 11.4 Å². The second-order valence-electron chi connectivity index (χ2n) is 6.77. The Balaban J connectivity index is 1.77. The molecule has 7 nitrogen and oxygen atoms in total. The Kier molecular flexibility index (Phi) is 2.47. The molecule has 1 heterocycles. The highest BCUT2D eigenvalue weighted by Gasteiger charge is 2.72. The summed E-state index contributed by atoms with van der Waals surface area (Å²) in [6.07, 6.45) is 2.11. The normalized spacial score (nSPS) is 29.0. The van der Waals surface area contributed by atoms with Gasteiger partial charge < -0.3 is 14.9 Å². The summed E-state index contributed by atoms with van der Waals surface area (Å²) in [6, 6.07) is 8.94. The Morgan fingerprint density at radius 2 is 1.96 bits per heavy atom. The lowest BCUT2D eigenvalue weighted by molar-refractivity contribution is -0.388. The fraction of sp³-hybridized carbons (Fsp3) is 0.278. The molecule has 7 heteroatoms. The average Bonchev–Trinajstić information content (AvgIpc) is 3.38. The molecule has 2 unspecified atom stereocenters. The van der Waals surface area contributed by atoms with Gasteiger partial charge in [-0.25, -0.2) is 0 Å². The Labute approximate surface area is 141 Å². The number of hydrogen-bond acceptors (Lipinski definition) is 6. The van der Waals surface area contributed by atoms with Gasteiger partial charge in [0.15, 0.2) is 0 Å². The van der Waals surface area contributed by atoms with Crippen molar-refractivity contribution in [2.24, 2.45) is 0 Å². The number of nitro benzene ring substituents is 1. The summed E-state index contributed by atoms with van der Waals surface area (Å²) in [4.78, 5) is 23.5. The summed E-state index contributed by atoms with van der Waals surface area (Å²) in [5.74, 6) is -2.71. The molecule has 1 saturated carbocycles. The molecule has 5 rings (SSSR count). The molecule has 126 valence electrons. The van der Waals surface area contributed by atoms with Gasteiger partial charge in [0.1, 0.15) is 11.3 Å². The SMILES string of the molecule is O=C1c2cccc([N+](=O)[O-])c2C2(O)Oc3cc(C4CC4)ccc3C12O. The highest BCUT2D eigenvalue weighted by Crippen LogP contribution is 2.60. The number of nitro groups is 1. The van der Waals surface area contributed by atoms with Crippen LogP contribution in [0.4, 0.5) is 5.69 Å². The Morgan fingerprint density at radius 1 is 1.20 bits per heavy atom. The van der Waals surface area contributed by atoms with E-state index in [1.807, 2.05) is 0 Å². The minimum atomic E-state index is -2.51. The third kappa shape index (κ3) is 1.55. The minimum absolute atomic E-state index is 0.101. The summed E-state index contributed by atoms with van der Waals surface area (Å²) in [5, 5.41) is 33.6. The van der Waals surface area contributed by atoms with Crippen molar-refractivity contribution in [3.05, 3.63) is 68.8 Å². The number of aliphatic hydroxyl groups is 2.